The normalized spacial score (nSPS) is 9.77. The van der Waals surface area contributed by atoms with E-state index in [9.17, 15) is 4.79 Å². The monoisotopic (exact) mass is 220 g/mol. The van der Waals surface area contributed by atoms with Crippen LogP contribution in [0.15, 0.2) is 12.1 Å². The summed E-state index contributed by atoms with van der Waals surface area (Å²) in [5.74, 6) is -0.489. The van der Waals surface area contributed by atoms with Crippen LogP contribution in [0.5, 0.6) is 11.5 Å². The third-order valence-corrected chi connectivity index (χ3v) is 1.83. The molecule has 1 N–H and O–H groups in total. The molecule has 13 heavy (non-hydrogen) atoms. The summed E-state index contributed by atoms with van der Waals surface area (Å²) < 4.78 is 4.71. The summed E-state index contributed by atoms with van der Waals surface area (Å²) in [6.45, 7) is 1.26. The van der Waals surface area contributed by atoms with Crippen molar-refractivity contribution in [3.8, 4) is 11.5 Å². The molecule has 0 fully saturated rings. The van der Waals surface area contributed by atoms with Gasteiger partial charge in [0, 0.05) is 19.1 Å². The summed E-state index contributed by atoms with van der Waals surface area (Å²) in [7, 11) is 0. The average Bonchev–Trinajstić information content (AvgIpc) is 1.98. The topological polar surface area (TPSA) is 46.5 Å². The Morgan fingerprint density at radius 1 is 1.38 bits per heavy atom. The SMILES string of the molecule is CC(=O)Oc1cc(Cl)c(O)c(Cl)c1. The van der Waals surface area contributed by atoms with E-state index < -0.39 is 5.97 Å². The molecule has 70 valence electrons. The van der Waals surface area contributed by atoms with E-state index in [0.717, 1.165) is 0 Å². The highest BCUT2D eigenvalue weighted by molar-refractivity contribution is 6.37. The lowest BCUT2D eigenvalue weighted by Crippen LogP contribution is -2.01. The number of halogens is 2. The molecule has 5 heteroatoms. The highest BCUT2D eigenvalue weighted by Gasteiger charge is 2.08. The van der Waals surface area contributed by atoms with Crippen molar-refractivity contribution in [2.45, 2.75) is 6.92 Å². The predicted molar refractivity (Wildman–Crippen MR) is 49.4 cm³/mol. The number of esters is 1. The van der Waals surface area contributed by atoms with Gasteiger partial charge in [-0.05, 0) is 0 Å². The summed E-state index contributed by atoms with van der Waals surface area (Å²) in [4.78, 5) is 10.5. The van der Waals surface area contributed by atoms with Gasteiger partial charge in [0.15, 0.2) is 5.75 Å². The Morgan fingerprint density at radius 3 is 2.23 bits per heavy atom. The molecule has 0 unspecified atom stereocenters. The van der Waals surface area contributed by atoms with Crippen LogP contribution in [0.2, 0.25) is 10.0 Å². The van der Waals surface area contributed by atoms with Gasteiger partial charge in [0.25, 0.3) is 0 Å². The van der Waals surface area contributed by atoms with Crippen molar-refractivity contribution in [1.82, 2.24) is 0 Å². The molecule has 0 amide bonds. The van der Waals surface area contributed by atoms with E-state index in [1.807, 2.05) is 0 Å². The fourth-order valence-corrected chi connectivity index (χ4v) is 1.23. The molecule has 0 radical (unpaired) electrons. The number of ether oxygens (including phenoxy) is 1. The van der Waals surface area contributed by atoms with E-state index in [2.05, 4.69) is 0 Å². The van der Waals surface area contributed by atoms with E-state index in [1.54, 1.807) is 0 Å². The first-order chi connectivity index (χ1) is 6.00. The molecular formula is C8H6Cl2O3. The fraction of sp³-hybridized carbons (Fsp3) is 0.125. The molecule has 0 spiro atoms. The van der Waals surface area contributed by atoms with Gasteiger partial charge in [-0.15, -0.1) is 0 Å². The second kappa shape index (κ2) is 3.85. The first kappa shape index (κ1) is 10.2. The van der Waals surface area contributed by atoms with Crippen molar-refractivity contribution in [2.24, 2.45) is 0 Å². The minimum Gasteiger partial charge on any atom is -0.505 e. The Morgan fingerprint density at radius 2 is 1.85 bits per heavy atom. The quantitative estimate of drug-likeness (QED) is 0.585. The lowest BCUT2D eigenvalue weighted by molar-refractivity contribution is -0.131. The number of aromatic hydroxyl groups is 1. The van der Waals surface area contributed by atoms with E-state index in [4.69, 9.17) is 33.0 Å². The van der Waals surface area contributed by atoms with Crippen molar-refractivity contribution < 1.29 is 14.6 Å². The molecule has 0 bridgehead atoms. The molecule has 0 heterocycles. The summed E-state index contributed by atoms with van der Waals surface area (Å²) in [5.41, 5.74) is 0. The molecule has 0 aliphatic carbocycles. The molecule has 0 saturated carbocycles. The zero-order chi connectivity index (χ0) is 10.0. The van der Waals surface area contributed by atoms with Crippen molar-refractivity contribution in [1.29, 1.82) is 0 Å². The van der Waals surface area contributed by atoms with Crippen LogP contribution in [0, 0.1) is 0 Å². The maximum absolute atomic E-state index is 10.5. The first-order valence-corrected chi connectivity index (χ1v) is 4.12. The van der Waals surface area contributed by atoms with E-state index in [-0.39, 0.29) is 21.5 Å². The minimum absolute atomic E-state index is 0.0451. The number of rotatable bonds is 1. The van der Waals surface area contributed by atoms with Crippen LogP contribution < -0.4 is 4.74 Å². The number of phenols is 1. The zero-order valence-electron chi connectivity index (χ0n) is 6.67. The standard InChI is InChI=1S/C8H6Cl2O3/c1-4(11)13-5-2-6(9)8(12)7(10)3-5/h2-3,12H,1H3. The highest BCUT2D eigenvalue weighted by Crippen LogP contribution is 2.35. The van der Waals surface area contributed by atoms with Crippen molar-refractivity contribution >= 4 is 29.2 Å². The van der Waals surface area contributed by atoms with Gasteiger partial charge in [0.1, 0.15) is 5.75 Å². The second-order valence-corrected chi connectivity index (χ2v) is 3.14. The van der Waals surface area contributed by atoms with Gasteiger partial charge in [-0.2, -0.15) is 0 Å². The van der Waals surface area contributed by atoms with Crippen LogP contribution in [-0.4, -0.2) is 11.1 Å². The number of carbonyl (C=O) groups excluding carboxylic acids is 1. The van der Waals surface area contributed by atoms with Crippen molar-refractivity contribution in [3.63, 3.8) is 0 Å². The molecular weight excluding hydrogens is 215 g/mol. The molecule has 3 nitrogen and oxygen atoms in total. The van der Waals surface area contributed by atoms with E-state index in [0.29, 0.717) is 0 Å². The van der Waals surface area contributed by atoms with Crippen LogP contribution in [0.4, 0.5) is 0 Å². The molecule has 1 aromatic carbocycles. The van der Waals surface area contributed by atoms with Gasteiger partial charge in [-0.3, -0.25) is 4.79 Å². The Balaban J connectivity index is 3.06. The third kappa shape index (κ3) is 2.50. The van der Waals surface area contributed by atoms with Crippen LogP contribution in [-0.2, 0) is 4.79 Å². The van der Waals surface area contributed by atoms with Gasteiger partial charge in [-0.25, -0.2) is 0 Å². The minimum atomic E-state index is -0.474. The highest BCUT2D eigenvalue weighted by atomic mass is 35.5. The van der Waals surface area contributed by atoms with Crippen LogP contribution in [0.25, 0.3) is 0 Å². The third-order valence-electron chi connectivity index (χ3n) is 1.25. The number of benzene rings is 1. The number of hydrogen-bond donors (Lipinski definition) is 1. The van der Waals surface area contributed by atoms with Gasteiger partial charge < -0.3 is 9.84 Å². The maximum atomic E-state index is 10.5. The Hall–Kier alpha value is -0.930. The molecule has 0 atom stereocenters. The summed E-state index contributed by atoms with van der Waals surface area (Å²) >= 11 is 11.2. The molecule has 0 saturated heterocycles. The molecule has 0 aliphatic rings. The molecule has 1 rings (SSSR count). The lowest BCUT2D eigenvalue weighted by Gasteiger charge is -2.04. The first-order valence-electron chi connectivity index (χ1n) is 3.37. The molecule has 0 aliphatic heterocycles. The maximum Gasteiger partial charge on any atom is 0.308 e. The van der Waals surface area contributed by atoms with Gasteiger partial charge in [0.05, 0.1) is 10.0 Å². The summed E-state index contributed by atoms with van der Waals surface area (Å²) in [5, 5.41) is 9.25. The van der Waals surface area contributed by atoms with E-state index >= 15 is 0 Å². The lowest BCUT2D eigenvalue weighted by atomic mass is 10.3. The number of hydrogen-bond acceptors (Lipinski definition) is 3. The second-order valence-electron chi connectivity index (χ2n) is 2.33. The number of phenolic OH excluding ortho intramolecular Hbond substituents is 1. The van der Waals surface area contributed by atoms with Gasteiger partial charge in [0.2, 0.25) is 0 Å². The largest absolute Gasteiger partial charge is 0.505 e. The molecule has 1 aromatic rings. The molecule has 0 aromatic heterocycles. The van der Waals surface area contributed by atoms with Crippen molar-refractivity contribution in [2.75, 3.05) is 0 Å². The zero-order valence-corrected chi connectivity index (χ0v) is 8.19. The van der Waals surface area contributed by atoms with Crippen molar-refractivity contribution in [3.05, 3.63) is 22.2 Å². The Labute approximate surface area is 84.8 Å². The Kier molecular flexibility index (Phi) is 3.01. The number of carbonyl (C=O) groups is 1. The Bertz CT molecular complexity index is 326. The van der Waals surface area contributed by atoms with Crippen LogP contribution in [0.3, 0.4) is 0 Å². The van der Waals surface area contributed by atoms with E-state index in [1.165, 1.54) is 19.1 Å². The summed E-state index contributed by atoms with van der Waals surface area (Å²) in [6.07, 6.45) is 0. The average molecular weight is 221 g/mol. The summed E-state index contributed by atoms with van der Waals surface area (Å²) in [6, 6.07) is 2.62. The van der Waals surface area contributed by atoms with Crippen LogP contribution in [0.1, 0.15) is 6.92 Å². The smallest absolute Gasteiger partial charge is 0.308 e. The van der Waals surface area contributed by atoms with Crippen LogP contribution >= 0.6 is 23.2 Å². The van der Waals surface area contributed by atoms with Gasteiger partial charge >= 0.3 is 5.97 Å². The predicted octanol–water partition coefficient (Wildman–Crippen LogP) is 2.62. The van der Waals surface area contributed by atoms with Gasteiger partial charge in [-0.1, -0.05) is 23.2 Å². The fourth-order valence-electron chi connectivity index (χ4n) is 0.767.